The topological polar surface area (TPSA) is 118 Å². The number of hydrogen-bond acceptors (Lipinski definition) is 8. The zero-order valence-corrected chi connectivity index (χ0v) is 15.0. The third-order valence-electron chi connectivity index (χ3n) is 4.16. The Morgan fingerprint density at radius 3 is 2.78 bits per heavy atom. The minimum Gasteiger partial charge on any atom is -0.459 e. The van der Waals surface area contributed by atoms with Gasteiger partial charge in [-0.3, -0.25) is 19.1 Å². The molecule has 2 saturated heterocycles. The average Bonchev–Trinajstić information content (AvgIpc) is 3.13. The summed E-state index contributed by atoms with van der Waals surface area (Å²) in [5, 5.41) is 0. The molecule has 3 heterocycles. The molecule has 0 spiro atoms. The molecule has 27 heavy (non-hydrogen) atoms. The first-order chi connectivity index (χ1) is 12.7. The number of fused-ring (bicyclic) bond motifs is 1. The Balaban J connectivity index is 1.88. The van der Waals surface area contributed by atoms with Crippen LogP contribution in [0.15, 0.2) is 21.9 Å². The number of carbonyl (C=O) groups excluding carboxylic acids is 1. The van der Waals surface area contributed by atoms with Crippen LogP contribution < -0.4 is 11.2 Å². The third-order valence-corrected chi connectivity index (χ3v) is 4.16. The second-order valence-corrected chi connectivity index (χ2v) is 6.48. The van der Waals surface area contributed by atoms with Gasteiger partial charge in [-0.2, -0.15) is 0 Å². The van der Waals surface area contributed by atoms with Gasteiger partial charge in [-0.15, -0.1) is 0 Å². The molecule has 0 saturated carbocycles. The second-order valence-electron chi connectivity index (χ2n) is 6.48. The zero-order chi connectivity index (χ0) is 19.8. The van der Waals surface area contributed by atoms with Crippen LogP contribution in [0, 0.1) is 5.92 Å². The first-order valence-electron chi connectivity index (χ1n) is 8.52. The lowest BCUT2D eigenvalue weighted by molar-refractivity contribution is -0.300. The first-order valence-corrected chi connectivity index (χ1v) is 8.52. The van der Waals surface area contributed by atoms with Crippen LogP contribution in [-0.2, 0) is 28.5 Å². The van der Waals surface area contributed by atoms with Gasteiger partial charge in [-0.05, 0) is 6.92 Å². The van der Waals surface area contributed by atoms with Crippen LogP contribution >= 0.6 is 0 Å². The molecule has 1 N–H and O–H groups in total. The van der Waals surface area contributed by atoms with E-state index in [1.54, 1.807) is 20.8 Å². The van der Waals surface area contributed by atoms with Crippen LogP contribution in [0.2, 0.25) is 0 Å². The lowest BCUT2D eigenvalue weighted by Crippen LogP contribution is -2.43. The molecular formula is C16H21FN2O8. The number of hydrogen-bond donors (Lipinski definition) is 1. The summed E-state index contributed by atoms with van der Waals surface area (Å²) in [4.78, 5) is 37.1. The first kappa shape index (κ1) is 19.7. The molecule has 10 nitrogen and oxygen atoms in total. The SMILES string of the molecule is CCOC1O[C@H]2[C@H](n3ccc(=O)[nH]c3=O)O[C@](F)(COC(=O)C(C)C)[C@H]2O1. The highest BCUT2D eigenvalue weighted by Crippen LogP contribution is 2.46. The van der Waals surface area contributed by atoms with Gasteiger partial charge in [0, 0.05) is 18.9 Å². The van der Waals surface area contributed by atoms with Crippen molar-refractivity contribution in [1.29, 1.82) is 0 Å². The van der Waals surface area contributed by atoms with E-state index in [1.165, 1.54) is 0 Å². The molecule has 2 aliphatic rings. The van der Waals surface area contributed by atoms with Crippen LogP contribution in [0.1, 0.15) is 27.0 Å². The Labute approximate surface area is 153 Å². The van der Waals surface area contributed by atoms with E-state index in [4.69, 9.17) is 23.7 Å². The maximum absolute atomic E-state index is 15.5. The number of esters is 1. The minimum absolute atomic E-state index is 0.246. The van der Waals surface area contributed by atoms with Gasteiger partial charge in [-0.1, -0.05) is 13.8 Å². The molecule has 2 aliphatic heterocycles. The highest BCUT2D eigenvalue weighted by Gasteiger charge is 2.64. The van der Waals surface area contributed by atoms with Gasteiger partial charge < -0.3 is 23.7 Å². The molecule has 0 aromatic carbocycles. The third kappa shape index (κ3) is 3.81. The van der Waals surface area contributed by atoms with Crippen molar-refractivity contribution in [2.75, 3.05) is 13.2 Å². The van der Waals surface area contributed by atoms with E-state index >= 15 is 4.39 Å². The fourth-order valence-corrected chi connectivity index (χ4v) is 2.84. The highest BCUT2D eigenvalue weighted by molar-refractivity contribution is 5.71. The number of rotatable bonds is 6. The van der Waals surface area contributed by atoms with E-state index < -0.39 is 60.5 Å². The van der Waals surface area contributed by atoms with Gasteiger partial charge in [0.05, 0.1) is 5.92 Å². The van der Waals surface area contributed by atoms with Crippen molar-refractivity contribution in [3.05, 3.63) is 33.1 Å². The van der Waals surface area contributed by atoms with Gasteiger partial charge in [0.2, 0.25) is 0 Å². The van der Waals surface area contributed by atoms with E-state index in [-0.39, 0.29) is 6.61 Å². The number of nitrogens with zero attached hydrogens (tertiary/aromatic N) is 1. The fraction of sp³-hybridized carbons (Fsp3) is 0.688. The standard InChI is InChI=1S/C16H21FN2O8/c1-4-23-15-25-10-11(26-15)16(17,7-24-13(21)8(2)3)27-12(10)19-6-5-9(20)18-14(19)22/h5-6,8,10-12,15H,4,7H2,1-3H3,(H,18,20,22)/t10-,11+,12-,15?,16-/m1/s1. The van der Waals surface area contributed by atoms with Gasteiger partial charge >= 0.3 is 11.7 Å². The average molecular weight is 388 g/mol. The summed E-state index contributed by atoms with van der Waals surface area (Å²) in [6, 6.07) is 1.09. The number of aromatic amines is 1. The summed E-state index contributed by atoms with van der Waals surface area (Å²) in [5.74, 6) is -3.64. The fourth-order valence-electron chi connectivity index (χ4n) is 2.84. The van der Waals surface area contributed by atoms with Crippen molar-refractivity contribution in [3.63, 3.8) is 0 Å². The molecule has 0 amide bonds. The van der Waals surface area contributed by atoms with E-state index in [9.17, 15) is 14.4 Å². The Morgan fingerprint density at radius 2 is 2.15 bits per heavy atom. The van der Waals surface area contributed by atoms with Crippen LogP contribution in [-0.4, -0.2) is 53.3 Å². The molecule has 0 aliphatic carbocycles. The lowest BCUT2D eigenvalue weighted by Gasteiger charge is -2.25. The largest absolute Gasteiger partial charge is 0.459 e. The Hall–Kier alpha value is -2.08. The molecule has 11 heteroatoms. The summed E-state index contributed by atoms with van der Waals surface area (Å²) >= 11 is 0. The maximum atomic E-state index is 15.5. The molecular weight excluding hydrogens is 367 g/mol. The van der Waals surface area contributed by atoms with E-state index in [0.717, 1.165) is 16.8 Å². The Kier molecular flexibility index (Phi) is 5.47. The second kappa shape index (κ2) is 7.50. The minimum atomic E-state index is -2.57. The maximum Gasteiger partial charge on any atom is 0.330 e. The quantitative estimate of drug-likeness (QED) is 0.679. The number of nitrogens with one attached hydrogen (secondary N) is 1. The van der Waals surface area contributed by atoms with Crippen molar-refractivity contribution in [3.8, 4) is 0 Å². The van der Waals surface area contributed by atoms with Crippen LogP contribution in [0.4, 0.5) is 4.39 Å². The molecule has 2 fully saturated rings. The molecule has 1 unspecified atom stereocenters. The van der Waals surface area contributed by atoms with Crippen LogP contribution in [0.25, 0.3) is 0 Å². The summed E-state index contributed by atoms with van der Waals surface area (Å²) in [6.45, 7) is 3.25. The Bertz CT molecular complexity index is 808. The van der Waals surface area contributed by atoms with Crippen LogP contribution in [0.5, 0.6) is 0 Å². The number of aromatic nitrogens is 2. The van der Waals surface area contributed by atoms with Gasteiger partial charge in [-0.25, -0.2) is 9.18 Å². The van der Waals surface area contributed by atoms with E-state index in [2.05, 4.69) is 4.98 Å². The number of halogens is 1. The number of ether oxygens (including phenoxy) is 5. The van der Waals surface area contributed by atoms with Crippen molar-refractivity contribution in [1.82, 2.24) is 9.55 Å². The van der Waals surface area contributed by atoms with E-state index in [0.29, 0.717) is 0 Å². The van der Waals surface area contributed by atoms with Gasteiger partial charge in [0.15, 0.2) is 18.9 Å². The predicted molar refractivity (Wildman–Crippen MR) is 86.2 cm³/mol. The number of carbonyl (C=O) groups is 1. The summed E-state index contributed by atoms with van der Waals surface area (Å²) in [5.41, 5.74) is -1.42. The summed E-state index contributed by atoms with van der Waals surface area (Å²) in [6.07, 6.45) is -2.47. The number of alkyl halides is 1. The van der Waals surface area contributed by atoms with E-state index in [1.807, 2.05) is 0 Å². The van der Waals surface area contributed by atoms with Crippen molar-refractivity contribution >= 4 is 5.97 Å². The van der Waals surface area contributed by atoms with Crippen LogP contribution in [0.3, 0.4) is 0 Å². The zero-order valence-electron chi connectivity index (χ0n) is 15.0. The molecule has 3 rings (SSSR count). The van der Waals surface area contributed by atoms with Gasteiger partial charge in [0.1, 0.15) is 6.10 Å². The molecule has 0 radical (unpaired) electrons. The molecule has 1 aromatic heterocycles. The summed E-state index contributed by atoms with van der Waals surface area (Å²) < 4.78 is 43.0. The number of H-pyrrole nitrogens is 1. The van der Waals surface area contributed by atoms with Crippen molar-refractivity contribution < 1.29 is 32.9 Å². The highest BCUT2D eigenvalue weighted by atomic mass is 19.2. The normalized spacial score (nSPS) is 32.6. The smallest absolute Gasteiger partial charge is 0.330 e. The molecule has 0 bridgehead atoms. The van der Waals surface area contributed by atoms with Crippen molar-refractivity contribution in [2.24, 2.45) is 5.92 Å². The molecule has 1 aromatic rings. The monoisotopic (exact) mass is 388 g/mol. The van der Waals surface area contributed by atoms with Crippen molar-refractivity contribution in [2.45, 2.75) is 51.5 Å². The molecule has 150 valence electrons. The summed E-state index contributed by atoms with van der Waals surface area (Å²) in [7, 11) is 0. The molecule has 5 atom stereocenters. The van der Waals surface area contributed by atoms with Gasteiger partial charge in [0.25, 0.3) is 17.9 Å². The predicted octanol–water partition coefficient (Wildman–Crippen LogP) is 0.0345. The lowest BCUT2D eigenvalue weighted by atomic mass is 10.1. The Morgan fingerprint density at radius 1 is 1.41 bits per heavy atom.